The number of hydrogen-bond donors (Lipinski definition) is 1. The molecule has 0 aliphatic carbocycles. The van der Waals surface area contributed by atoms with E-state index < -0.39 is 0 Å². The van der Waals surface area contributed by atoms with Crippen LogP contribution in [0.5, 0.6) is 0 Å². The van der Waals surface area contributed by atoms with Crippen LogP contribution in [0.15, 0.2) is 54.6 Å². The van der Waals surface area contributed by atoms with Crippen molar-refractivity contribution in [2.75, 3.05) is 18.4 Å². The highest BCUT2D eigenvalue weighted by atomic mass is 16.2. The van der Waals surface area contributed by atoms with E-state index in [2.05, 4.69) is 46.5 Å². The zero-order valence-electron chi connectivity index (χ0n) is 17.4. The maximum atomic E-state index is 12.9. The van der Waals surface area contributed by atoms with E-state index in [4.69, 9.17) is 0 Å². The van der Waals surface area contributed by atoms with Crippen LogP contribution in [0, 0.1) is 20.8 Å². The molecule has 3 aromatic rings. The van der Waals surface area contributed by atoms with Crippen molar-refractivity contribution in [3.05, 3.63) is 77.1 Å². The van der Waals surface area contributed by atoms with Gasteiger partial charge in [0, 0.05) is 6.04 Å². The molecule has 1 amide bonds. The van der Waals surface area contributed by atoms with Crippen LogP contribution in [-0.2, 0) is 4.79 Å². The molecule has 5 heteroatoms. The topological polar surface area (TPSA) is 50.2 Å². The summed E-state index contributed by atoms with van der Waals surface area (Å²) in [6.07, 6.45) is 2.22. The van der Waals surface area contributed by atoms with Crippen molar-refractivity contribution in [3.8, 4) is 5.69 Å². The Balaban J connectivity index is 1.49. The number of benzene rings is 2. The lowest BCUT2D eigenvalue weighted by Gasteiger charge is -2.25. The summed E-state index contributed by atoms with van der Waals surface area (Å²) < 4.78 is 1.89. The van der Waals surface area contributed by atoms with Crippen molar-refractivity contribution in [1.29, 1.82) is 0 Å². The smallest absolute Gasteiger partial charge is 0.238 e. The van der Waals surface area contributed by atoms with Gasteiger partial charge in [-0.15, -0.1) is 0 Å². The van der Waals surface area contributed by atoms with E-state index in [1.165, 1.54) is 11.1 Å². The minimum absolute atomic E-state index is 0.0179. The number of amides is 1. The van der Waals surface area contributed by atoms with E-state index in [-0.39, 0.29) is 5.91 Å². The second kappa shape index (κ2) is 8.21. The maximum absolute atomic E-state index is 12.9. The van der Waals surface area contributed by atoms with Crippen LogP contribution < -0.4 is 5.32 Å². The number of anilines is 1. The molecular formula is C24H28N4O. The summed E-state index contributed by atoms with van der Waals surface area (Å²) in [6.45, 7) is 7.43. The van der Waals surface area contributed by atoms with Crippen molar-refractivity contribution in [2.24, 2.45) is 0 Å². The number of carbonyl (C=O) groups excluding carboxylic acids is 1. The van der Waals surface area contributed by atoms with Crippen LogP contribution in [-0.4, -0.2) is 33.7 Å². The van der Waals surface area contributed by atoms with E-state index >= 15 is 0 Å². The van der Waals surface area contributed by atoms with Gasteiger partial charge in [0.25, 0.3) is 0 Å². The predicted octanol–water partition coefficient (Wildman–Crippen LogP) is 4.57. The van der Waals surface area contributed by atoms with Crippen LogP contribution in [0.4, 0.5) is 5.69 Å². The number of nitrogens with zero attached hydrogens (tertiary/aromatic N) is 3. The number of aromatic nitrogens is 2. The first-order chi connectivity index (χ1) is 14.0. The zero-order valence-corrected chi connectivity index (χ0v) is 17.4. The van der Waals surface area contributed by atoms with Crippen LogP contribution in [0.3, 0.4) is 0 Å². The Morgan fingerprint density at radius 1 is 1.07 bits per heavy atom. The number of likely N-dealkylation sites (tertiary alicyclic amines) is 1. The zero-order chi connectivity index (χ0) is 20.4. The molecule has 4 rings (SSSR count). The molecule has 0 spiro atoms. The molecule has 1 N–H and O–H groups in total. The summed E-state index contributed by atoms with van der Waals surface area (Å²) in [5.74, 6) is 0.0179. The molecule has 1 aliphatic rings. The van der Waals surface area contributed by atoms with Crippen molar-refractivity contribution in [1.82, 2.24) is 14.7 Å². The Morgan fingerprint density at radius 2 is 1.79 bits per heavy atom. The summed E-state index contributed by atoms with van der Waals surface area (Å²) in [6, 6.07) is 18.8. The molecule has 2 aromatic carbocycles. The molecule has 0 radical (unpaired) electrons. The average Bonchev–Trinajstić information content (AvgIpc) is 3.28. The number of aryl methyl sites for hydroxylation is 2. The Morgan fingerprint density at radius 3 is 2.55 bits per heavy atom. The van der Waals surface area contributed by atoms with Crippen LogP contribution in [0.25, 0.3) is 5.69 Å². The molecule has 0 bridgehead atoms. The Kier molecular flexibility index (Phi) is 5.49. The molecule has 1 fully saturated rings. The van der Waals surface area contributed by atoms with Gasteiger partial charge in [-0.05, 0) is 63.4 Å². The third-order valence-corrected chi connectivity index (χ3v) is 5.81. The third kappa shape index (κ3) is 3.96. The lowest BCUT2D eigenvalue weighted by molar-refractivity contribution is -0.117. The lowest BCUT2D eigenvalue weighted by Crippen LogP contribution is -2.33. The summed E-state index contributed by atoms with van der Waals surface area (Å²) in [7, 11) is 0. The van der Waals surface area contributed by atoms with Crippen molar-refractivity contribution in [3.63, 3.8) is 0 Å². The minimum atomic E-state index is 0.0179. The van der Waals surface area contributed by atoms with Crippen molar-refractivity contribution >= 4 is 11.6 Å². The Bertz CT molecular complexity index is 1010. The molecule has 1 aromatic heterocycles. The quantitative estimate of drug-likeness (QED) is 0.696. The molecule has 5 nitrogen and oxygen atoms in total. The molecular weight excluding hydrogens is 360 g/mol. The molecule has 150 valence electrons. The average molecular weight is 389 g/mol. The molecule has 0 saturated carbocycles. The van der Waals surface area contributed by atoms with Gasteiger partial charge in [-0.25, -0.2) is 4.68 Å². The van der Waals surface area contributed by atoms with Crippen LogP contribution in [0.1, 0.15) is 41.4 Å². The third-order valence-electron chi connectivity index (χ3n) is 5.81. The number of carbonyl (C=O) groups is 1. The highest BCUT2D eigenvalue weighted by Crippen LogP contribution is 2.33. The van der Waals surface area contributed by atoms with E-state index in [0.29, 0.717) is 12.6 Å². The fraction of sp³-hybridized carbons (Fsp3) is 0.333. The summed E-state index contributed by atoms with van der Waals surface area (Å²) in [4.78, 5) is 15.2. The second-order valence-electron chi connectivity index (χ2n) is 7.83. The van der Waals surface area contributed by atoms with Gasteiger partial charge in [0.05, 0.1) is 29.3 Å². The maximum Gasteiger partial charge on any atom is 0.238 e. The largest absolute Gasteiger partial charge is 0.322 e. The van der Waals surface area contributed by atoms with Gasteiger partial charge in [0.2, 0.25) is 5.91 Å². The minimum Gasteiger partial charge on any atom is -0.322 e. The molecule has 1 saturated heterocycles. The molecule has 2 heterocycles. The monoisotopic (exact) mass is 388 g/mol. The fourth-order valence-electron chi connectivity index (χ4n) is 4.34. The second-order valence-corrected chi connectivity index (χ2v) is 7.83. The molecule has 1 aliphatic heterocycles. The summed E-state index contributed by atoms with van der Waals surface area (Å²) in [5.41, 5.74) is 6.21. The Hall–Kier alpha value is -2.92. The lowest BCUT2D eigenvalue weighted by atomic mass is 9.99. The number of para-hydroxylation sites is 1. The van der Waals surface area contributed by atoms with E-state index in [1.54, 1.807) is 0 Å². The molecule has 1 unspecified atom stereocenters. The standard InChI is InChI=1S/C24H28N4O/c1-17-10-7-8-13-21(17)22-14-9-15-27(22)16-23(29)25-24-18(2)26-28(19(24)3)20-11-5-4-6-12-20/h4-8,10-13,22H,9,14-16H2,1-3H3,(H,25,29). The predicted molar refractivity (Wildman–Crippen MR) is 116 cm³/mol. The van der Waals surface area contributed by atoms with Gasteiger partial charge < -0.3 is 5.32 Å². The van der Waals surface area contributed by atoms with Crippen LogP contribution >= 0.6 is 0 Å². The van der Waals surface area contributed by atoms with Gasteiger partial charge in [0.15, 0.2) is 0 Å². The first kappa shape index (κ1) is 19.4. The molecule has 1 atom stereocenters. The van der Waals surface area contributed by atoms with E-state index in [1.807, 2.05) is 48.9 Å². The normalized spacial score (nSPS) is 16.9. The fourth-order valence-corrected chi connectivity index (χ4v) is 4.34. The van der Waals surface area contributed by atoms with E-state index in [0.717, 1.165) is 42.1 Å². The van der Waals surface area contributed by atoms with E-state index in [9.17, 15) is 4.79 Å². The van der Waals surface area contributed by atoms with Gasteiger partial charge >= 0.3 is 0 Å². The van der Waals surface area contributed by atoms with Crippen molar-refractivity contribution < 1.29 is 4.79 Å². The number of hydrogen-bond acceptors (Lipinski definition) is 3. The highest BCUT2D eigenvalue weighted by Gasteiger charge is 2.28. The van der Waals surface area contributed by atoms with Crippen LogP contribution in [0.2, 0.25) is 0 Å². The SMILES string of the molecule is Cc1ccccc1C1CCCN1CC(=O)Nc1c(C)nn(-c2ccccc2)c1C. The number of nitrogens with one attached hydrogen (secondary N) is 1. The summed E-state index contributed by atoms with van der Waals surface area (Å²) in [5, 5.41) is 7.75. The van der Waals surface area contributed by atoms with Crippen molar-refractivity contribution in [2.45, 2.75) is 39.7 Å². The molecule has 29 heavy (non-hydrogen) atoms. The summed E-state index contributed by atoms with van der Waals surface area (Å²) >= 11 is 0. The highest BCUT2D eigenvalue weighted by molar-refractivity contribution is 5.93. The first-order valence-electron chi connectivity index (χ1n) is 10.3. The number of rotatable bonds is 5. The van der Waals surface area contributed by atoms with Gasteiger partial charge in [-0.2, -0.15) is 5.10 Å². The Labute approximate surface area is 172 Å². The van der Waals surface area contributed by atoms with Gasteiger partial charge in [-0.3, -0.25) is 9.69 Å². The van der Waals surface area contributed by atoms with Gasteiger partial charge in [-0.1, -0.05) is 42.5 Å². The first-order valence-corrected chi connectivity index (χ1v) is 10.3. The van der Waals surface area contributed by atoms with Gasteiger partial charge in [0.1, 0.15) is 0 Å².